The van der Waals surface area contributed by atoms with Crippen LogP contribution in [0.1, 0.15) is 10.5 Å². The Hall–Kier alpha value is -2.42. The molecule has 0 saturated carbocycles. The van der Waals surface area contributed by atoms with Crippen LogP contribution < -0.4 is 11.2 Å². The largest absolute Gasteiger partial charge is 0.480 e. The van der Waals surface area contributed by atoms with E-state index >= 15 is 0 Å². The van der Waals surface area contributed by atoms with Crippen molar-refractivity contribution in [3.05, 3.63) is 32.6 Å². The highest BCUT2D eigenvalue weighted by atomic mass is 16.5. The number of aliphatic carboxylic acids is 1. The molecule has 1 aromatic rings. The summed E-state index contributed by atoms with van der Waals surface area (Å²) < 4.78 is 4.99. The number of hydrogen-bond donors (Lipinski definition) is 3. The lowest BCUT2D eigenvalue weighted by atomic mass is 10.2. The molecule has 1 aliphatic rings. The SMILES string of the molecule is O=C(O)C1COCCN1C(=O)c1cc(=O)[nH]c(=O)[nH]1. The molecule has 2 rings (SSSR count). The summed E-state index contributed by atoms with van der Waals surface area (Å²) in [7, 11) is 0. The average Bonchev–Trinajstić information content (AvgIpc) is 2.36. The molecule has 2 heterocycles. The van der Waals surface area contributed by atoms with Gasteiger partial charge in [0.25, 0.3) is 11.5 Å². The van der Waals surface area contributed by atoms with E-state index in [1.807, 2.05) is 4.98 Å². The van der Waals surface area contributed by atoms with Gasteiger partial charge in [0.15, 0.2) is 6.04 Å². The van der Waals surface area contributed by atoms with E-state index < -0.39 is 29.2 Å². The topological polar surface area (TPSA) is 133 Å². The molecule has 1 unspecified atom stereocenters. The summed E-state index contributed by atoms with van der Waals surface area (Å²) in [5, 5.41) is 9.00. The minimum atomic E-state index is -1.21. The lowest BCUT2D eigenvalue weighted by Crippen LogP contribution is -2.53. The predicted molar refractivity (Wildman–Crippen MR) is 61.0 cm³/mol. The molecule has 0 radical (unpaired) electrons. The van der Waals surface area contributed by atoms with Crippen molar-refractivity contribution in [2.45, 2.75) is 6.04 Å². The lowest BCUT2D eigenvalue weighted by Gasteiger charge is -2.32. The van der Waals surface area contributed by atoms with Crippen molar-refractivity contribution < 1.29 is 19.4 Å². The molecule has 1 fully saturated rings. The second-order valence-corrected chi connectivity index (χ2v) is 3.93. The maximum absolute atomic E-state index is 12.1. The van der Waals surface area contributed by atoms with Crippen molar-refractivity contribution in [3.63, 3.8) is 0 Å². The summed E-state index contributed by atoms with van der Waals surface area (Å²) in [6.45, 7) is 0.141. The molecule has 9 nitrogen and oxygen atoms in total. The van der Waals surface area contributed by atoms with Crippen molar-refractivity contribution in [2.75, 3.05) is 19.8 Å². The van der Waals surface area contributed by atoms with Crippen LogP contribution in [0.3, 0.4) is 0 Å². The third kappa shape index (κ3) is 2.71. The van der Waals surface area contributed by atoms with Gasteiger partial charge in [-0.15, -0.1) is 0 Å². The van der Waals surface area contributed by atoms with Crippen molar-refractivity contribution >= 4 is 11.9 Å². The Bertz CT molecular complexity index is 590. The van der Waals surface area contributed by atoms with E-state index in [9.17, 15) is 19.2 Å². The highest BCUT2D eigenvalue weighted by Crippen LogP contribution is 2.10. The monoisotopic (exact) mass is 269 g/mol. The van der Waals surface area contributed by atoms with Gasteiger partial charge in [-0.05, 0) is 0 Å². The average molecular weight is 269 g/mol. The zero-order chi connectivity index (χ0) is 14.0. The summed E-state index contributed by atoms with van der Waals surface area (Å²) in [5.41, 5.74) is -1.80. The molecular weight excluding hydrogens is 258 g/mol. The van der Waals surface area contributed by atoms with Gasteiger partial charge in [-0.3, -0.25) is 14.6 Å². The molecule has 1 saturated heterocycles. The van der Waals surface area contributed by atoms with E-state index in [-0.39, 0.29) is 25.5 Å². The number of hydrogen-bond acceptors (Lipinski definition) is 5. The van der Waals surface area contributed by atoms with E-state index in [1.54, 1.807) is 0 Å². The van der Waals surface area contributed by atoms with Gasteiger partial charge in [0.2, 0.25) is 0 Å². The van der Waals surface area contributed by atoms with Crippen molar-refractivity contribution in [1.29, 1.82) is 0 Å². The summed E-state index contributed by atoms with van der Waals surface area (Å²) in [4.78, 5) is 50.5. The number of aromatic amines is 2. The second kappa shape index (κ2) is 5.06. The summed E-state index contributed by atoms with van der Waals surface area (Å²) in [6.07, 6.45) is 0. The van der Waals surface area contributed by atoms with Crippen molar-refractivity contribution in [3.8, 4) is 0 Å². The number of H-pyrrole nitrogens is 2. The van der Waals surface area contributed by atoms with Crippen LogP contribution in [0, 0.1) is 0 Å². The van der Waals surface area contributed by atoms with Gasteiger partial charge >= 0.3 is 11.7 Å². The molecule has 0 aromatic carbocycles. The quantitative estimate of drug-likeness (QED) is 0.568. The number of nitrogens with one attached hydrogen (secondary N) is 2. The Labute approximate surface area is 105 Å². The molecule has 3 N–H and O–H groups in total. The van der Waals surface area contributed by atoms with Crippen LogP contribution in [0.4, 0.5) is 0 Å². The number of ether oxygens (including phenoxy) is 1. The standard InChI is InChI=1S/C10H11N3O6/c14-7-3-5(11-10(18)12-7)8(15)13-1-2-19-4-6(13)9(16)17/h3,6H,1-2,4H2,(H,16,17)(H2,11,12,14,18). The molecule has 102 valence electrons. The van der Waals surface area contributed by atoms with Gasteiger partial charge in [0.05, 0.1) is 13.2 Å². The second-order valence-electron chi connectivity index (χ2n) is 3.93. The maximum Gasteiger partial charge on any atom is 0.328 e. The number of amides is 1. The normalized spacial score (nSPS) is 19.2. The number of rotatable bonds is 2. The number of aromatic nitrogens is 2. The first-order valence-corrected chi connectivity index (χ1v) is 5.44. The van der Waals surface area contributed by atoms with Gasteiger partial charge in [-0.2, -0.15) is 0 Å². The molecule has 0 aliphatic carbocycles. The van der Waals surface area contributed by atoms with E-state index in [4.69, 9.17) is 9.84 Å². The first kappa shape index (κ1) is 13.0. The molecule has 19 heavy (non-hydrogen) atoms. The van der Waals surface area contributed by atoms with Gasteiger partial charge < -0.3 is 19.7 Å². The Morgan fingerprint density at radius 1 is 1.37 bits per heavy atom. The minimum Gasteiger partial charge on any atom is -0.480 e. The zero-order valence-corrected chi connectivity index (χ0v) is 9.71. The zero-order valence-electron chi connectivity index (χ0n) is 9.71. The fraction of sp³-hybridized carbons (Fsp3) is 0.400. The molecule has 0 spiro atoms. The molecule has 1 atom stereocenters. The Kier molecular flexibility index (Phi) is 3.47. The number of carboxylic acids is 1. The number of carbonyl (C=O) groups excluding carboxylic acids is 1. The van der Waals surface area contributed by atoms with Crippen LogP contribution in [0.25, 0.3) is 0 Å². The van der Waals surface area contributed by atoms with Crippen LogP contribution in [-0.4, -0.2) is 57.7 Å². The molecule has 9 heteroatoms. The molecular formula is C10H11N3O6. The molecule has 0 bridgehead atoms. The van der Waals surface area contributed by atoms with Gasteiger partial charge in [-0.25, -0.2) is 9.59 Å². The fourth-order valence-electron chi connectivity index (χ4n) is 1.79. The molecule has 1 aliphatic heterocycles. The number of carboxylic acid groups (broad SMARTS) is 1. The predicted octanol–water partition coefficient (Wildman–Crippen LogP) is -2.01. The highest BCUT2D eigenvalue weighted by molar-refractivity contribution is 5.95. The summed E-state index contributed by atoms with van der Waals surface area (Å²) in [6, 6.07) is -0.220. The van der Waals surface area contributed by atoms with Crippen LogP contribution in [0.15, 0.2) is 15.7 Å². The smallest absolute Gasteiger partial charge is 0.328 e. The Balaban J connectivity index is 2.33. The van der Waals surface area contributed by atoms with Crippen LogP contribution in [0.5, 0.6) is 0 Å². The minimum absolute atomic E-state index is 0.0740. The van der Waals surface area contributed by atoms with E-state index in [1.165, 1.54) is 0 Å². The van der Waals surface area contributed by atoms with E-state index in [0.29, 0.717) is 0 Å². The Morgan fingerprint density at radius 3 is 2.74 bits per heavy atom. The van der Waals surface area contributed by atoms with Crippen molar-refractivity contribution in [2.24, 2.45) is 0 Å². The van der Waals surface area contributed by atoms with E-state index in [2.05, 4.69) is 4.98 Å². The van der Waals surface area contributed by atoms with Crippen molar-refractivity contribution in [1.82, 2.24) is 14.9 Å². The van der Waals surface area contributed by atoms with Gasteiger partial charge in [-0.1, -0.05) is 0 Å². The molecule has 1 aromatic heterocycles. The fourth-order valence-corrected chi connectivity index (χ4v) is 1.79. The highest BCUT2D eigenvalue weighted by Gasteiger charge is 2.33. The third-order valence-corrected chi connectivity index (χ3v) is 2.67. The van der Waals surface area contributed by atoms with Crippen LogP contribution in [-0.2, 0) is 9.53 Å². The van der Waals surface area contributed by atoms with Gasteiger partial charge in [0.1, 0.15) is 5.69 Å². The first-order chi connectivity index (χ1) is 8.99. The summed E-state index contributed by atoms with van der Waals surface area (Å²) >= 11 is 0. The number of morpholine rings is 1. The lowest BCUT2D eigenvalue weighted by molar-refractivity contribution is -0.147. The molecule has 1 amide bonds. The number of carbonyl (C=O) groups is 2. The van der Waals surface area contributed by atoms with Gasteiger partial charge in [0, 0.05) is 12.6 Å². The van der Waals surface area contributed by atoms with E-state index in [0.717, 1.165) is 11.0 Å². The van der Waals surface area contributed by atoms with Crippen LogP contribution in [0.2, 0.25) is 0 Å². The van der Waals surface area contributed by atoms with Crippen LogP contribution >= 0.6 is 0 Å². The number of nitrogens with zero attached hydrogens (tertiary/aromatic N) is 1. The third-order valence-electron chi connectivity index (χ3n) is 2.67. The first-order valence-electron chi connectivity index (χ1n) is 5.44. The summed E-state index contributed by atoms with van der Waals surface area (Å²) in [5.74, 6) is -1.93. The maximum atomic E-state index is 12.1. The Morgan fingerprint density at radius 2 is 2.11 bits per heavy atom.